The number of rotatable bonds is 6. The molecule has 6 nitrogen and oxygen atoms in total. The summed E-state index contributed by atoms with van der Waals surface area (Å²) in [6.45, 7) is 7.78. The van der Waals surface area contributed by atoms with Gasteiger partial charge >= 0.3 is 0 Å². The fourth-order valence-corrected chi connectivity index (χ4v) is 6.12. The molecule has 1 aromatic heterocycles. The summed E-state index contributed by atoms with van der Waals surface area (Å²) < 4.78 is 49.0. The normalized spacial score (nSPS) is 18.9. The molecule has 2 aromatic carbocycles. The van der Waals surface area contributed by atoms with Crippen molar-refractivity contribution in [3.8, 4) is 16.2 Å². The number of sulfonamides is 1. The van der Waals surface area contributed by atoms with Gasteiger partial charge in [0.1, 0.15) is 11.6 Å². The Bertz CT molecular complexity index is 1250. The fourth-order valence-electron chi connectivity index (χ4n) is 4.16. The van der Waals surface area contributed by atoms with Crippen molar-refractivity contribution < 1.29 is 17.5 Å². The second kappa shape index (κ2) is 9.32. The second-order valence-electron chi connectivity index (χ2n) is 8.42. The maximum atomic E-state index is 14.8. The number of halogens is 1. The Balaban J connectivity index is 1.63. The van der Waals surface area contributed by atoms with Crippen LogP contribution in [0, 0.1) is 12.7 Å². The average Bonchev–Trinajstić information content (AvgIpc) is 3.18. The quantitative estimate of drug-likeness (QED) is 0.518. The fraction of sp³-hybridized carbons (Fsp3) is 0.333. The molecule has 0 aliphatic carbocycles. The Labute approximate surface area is 198 Å². The molecule has 3 aromatic rings. The number of anilines is 2. The maximum Gasteiger partial charge on any atom is 0.262 e. The summed E-state index contributed by atoms with van der Waals surface area (Å²) in [6.07, 6.45) is 0. The van der Waals surface area contributed by atoms with Gasteiger partial charge in [0, 0.05) is 46.2 Å². The van der Waals surface area contributed by atoms with Crippen molar-refractivity contribution in [1.29, 1.82) is 0 Å². The van der Waals surface area contributed by atoms with Gasteiger partial charge in [0.25, 0.3) is 10.0 Å². The van der Waals surface area contributed by atoms with Gasteiger partial charge < -0.3 is 15.0 Å². The minimum atomic E-state index is -4.03. The minimum Gasteiger partial charge on any atom is -0.495 e. The molecule has 2 atom stereocenters. The number of ether oxygens (including phenoxy) is 1. The first kappa shape index (κ1) is 23.5. The van der Waals surface area contributed by atoms with Crippen molar-refractivity contribution in [2.24, 2.45) is 0 Å². The van der Waals surface area contributed by atoms with E-state index in [1.165, 1.54) is 30.6 Å². The van der Waals surface area contributed by atoms with Crippen LogP contribution >= 0.6 is 11.3 Å². The summed E-state index contributed by atoms with van der Waals surface area (Å²) in [5.41, 5.74) is 1.59. The topological polar surface area (TPSA) is 70.7 Å². The molecule has 1 aliphatic rings. The van der Waals surface area contributed by atoms with Gasteiger partial charge in [0.15, 0.2) is 0 Å². The summed E-state index contributed by atoms with van der Waals surface area (Å²) in [5.74, 6) is -0.186. The van der Waals surface area contributed by atoms with Gasteiger partial charge in [-0.05, 0) is 69.3 Å². The molecule has 0 saturated carbocycles. The van der Waals surface area contributed by atoms with Crippen LogP contribution in [0.15, 0.2) is 53.4 Å². The van der Waals surface area contributed by atoms with Gasteiger partial charge in [-0.25, -0.2) is 12.8 Å². The van der Waals surface area contributed by atoms with Crippen LogP contribution in [-0.2, 0) is 10.0 Å². The van der Waals surface area contributed by atoms with Gasteiger partial charge in [-0.1, -0.05) is 0 Å². The highest BCUT2D eigenvalue weighted by Gasteiger charge is 2.24. The van der Waals surface area contributed by atoms with Crippen molar-refractivity contribution in [1.82, 2.24) is 5.32 Å². The Morgan fingerprint density at radius 3 is 2.42 bits per heavy atom. The third-order valence-electron chi connectivity index (χ3n) is 5.61. The van der Waals surface area contributed by atoms with E-state index in [9.17, 15) is 12.8 Å². The summed E-state index contributed by atoms with van der Waals surface area (Å²) in [6, 6.07) is 13.8. The van der Waals surface area contributed by atoms with Gasteiger partial charge in [-0.3, -0.25) is 4.72 Å². The molecule has 2 N–H and O–H groups in total. The molecule has 2 heterocycles. The standard InChI is InChI=1S/C24H28FN3O3S2/c1-15-13-28(14-16(2)26-15)18-6-9-23(31-4)22(11-18)27-33(29,30)19-7-8-20(21(25)12-19)24-10-5-17(3)32-24/h5-12,15-16,26-27H,13-14H2,1-4H3/t15-,16+. The van der Waals surface area contributed by atoms with E-state index in [0.29, 0.717) is 29.1 Å². The minimum absolute atomic E-state index is 0.145. The third-order valence-corrected chi connectivity index (χ3v) is 8.00. The molecular formula is C24H28FN3O3S2. The molecule has 1 aliphatic heterocycles. The average molecular weight is 490 g/mol. The second-order valence-corrected chi connectivity index (χ2v) is 11.4. The number of methoxy groups -OCH3 is 1. The molecule has 9 heteroatoms. The van der Waals surface area contributed by atoms with Crippen molar-refractivity contribution in [2.75, 3.05) is 29.8 Å². The van der Waals surface area contributed by atoms with E-state index in [4.69, 9.17) is 4.74 Å². The van der Waals surface area contributed by atoms with Crippen LogP contribution in [0.5, 0.6) is 5.75 Å². The van der Waals surface area contributed by atoms with Crippen molar-refractivity contribution in [3.63, 3.8) is 0 Å². The van der Waals surface area contributed by atoms with Crippen LogP contribution in [0.4, 0.5) is 15.8 Å². The molecule has 33 heavy (non-hydrogen) atoms. The molecule has 0 unspecified atom stereocenters. The predicted octanol–water partition coefficient (Wildman–Crippen LogP) is 4.86. The molecule has 1 fully saturated rings. The Morgan fingerprint density at radius 2 is 1.82 bits per heavy atom. The van der Waals surface area contributed by atoms with E-state index in [2.05, 4.69) is 28.8 Å². The largest absolute Gasteiger partial charge is 0.495 e. The lowest BCUT2D eigenvalue weighted by molar-refractivity contribution is 0.406. The first-order valence-corrected chi connectivity index (χ1v) is 13.0. The smallest absolute Gasteiger partial charge is 0.262 e. The van der Waals surface area contributed by atoms with Crippen LogP contribution in [0.2, 0.25) is 0 Å². The van der Waals surface area contributed by atoms with Crippen LogP contribution in [-0.4, -0.2) is 40.7 Å². The third kappa shape index (κ3) is 5.15. The van der Waals surface area contributed by atoms with E-state index in [-0.39, 0.29) is 4.90 Å². The lowest BCUT2D eigenvalue weighted by atomic mass is 10.1. The molecule has 4 rings (SSSR count). The van der Waals surface area contributed by atoms with E-state index in [0.717, 1.165) is 34.6 Å². The molecule has 0 amide bonds. The van der Waals surface area contributed by atoms with Crippen molar-refractivity contribution >= 4 is 32.7 Å². The van der Waals surface area contributed by atoms with E-state index < -0.39 is 15.8 Å². The van der Waals surface area contributed by atoms with Gasteiger partial charge in [-0.15, -0.1) is 11.3 Å². The van der Waals surface area contributed by atoms with Crippen LogP contribution < -0.4 is 19.7 Å². The Hall–Kier alpha value is -2.62. The van der Waals surface area contributed by atoms with Crippen LogP contribution in [0.3, 0.4) is 0 Å². The molecule has 0 bridgehead atoms. The zero-order chi connectivity index (χ0) is 23.8. The lowest BCUT2D eigenvalue weighted by Gasteiger charge is -2.38. The van der Waals surface area contributed by atoms with Gasteiger partial charge in [0.05, 0.1) is 17.7 Å². The number of hydrogen-bond acceptors (Lipinski definition) is 6. The van der Waals surface area contributed by atoms with Gasteiger partial charge in [0.2, 0.25) is 0 Å². The summed E-state index contributed by atoms with van der Waals surface area (Å²) >= 11 is 1.46. The first-order chi connectivity index (χ1) is 15.7. The highest BCUT2D eigenvalue weighted by atomic mass is 32.2. The molecule has 0 radical (unpaired) electrons. The molecular weight excluding hydrogens is 461 g/mol. The van der Waals surface area contributed by atoms with Crippen molar-refractivity contribution in [3.05, 3.63) is 59.2 Å². The van der Waals surface area contributed by atoms with E-state index in [1.54, 1.807) is 12.1 Å². The number of thiophene rings is 1. The van der Waals surface area contributed by atoms with Gasteiger partial charge in [-0.2, -0.15) is 0 Å². The number of piperazine rings is 1. The maximum absolute atomic E-state index is 14.8. The van der Waals surface area contributed by atoms with Crippen LogP contribution in [0.25, 0.3) is 10.4 Å². The monoisotopic (exact) mass is 489 g/mol. The Kier molecular flexibility index (Phi) is 6.65. The summed E-state index contributed by atoms with van der Waals surface area (Å²) in [7, 11) is -2.54. The zero-order valence-corrected chi connectivity index (χ0v) is 20.7. The number of aryl methyl sites for hydroxylation is 1. The number of nitrogens with zero attached hydrogens (tertiary/aromatic N) is 1. The number of nitrogens with one attached hydrogen (secondary N) is 2. The van der Waals surface area contributed by atoms with Crippen LogP contribution in [0.1, 0.15) is 18.7 Å². The predicted molar refractivity (Wildman–Crippen MR) is 133 cm³/mol. The highest BCUT2D eigenvalue weighted by Crippen LogP contribution is 2.34. The first-order valence-electron chi connectivity index (χ1n) is 10.7. The number of hydrogen-bond donors (Lipinski definition) is 2. The van der Waals surface area contributed by atoms with Crippen molar-refractivity contribution in [2.45, 2.75) is 37.8 Å². The summed E-state index contributed by atoms with van der Waals surface area (Å²) in [5, 5.41) is 3.49. The van der Waals surface area contributed by atoms with E-state index >= 15 is 0 Å². The lowest BCUT2D eigenvalue weighted by Crippen LogP contribution is -2.54. The highest BCUT2D eigenvalue weighted by molar-refractivity contribution is 7.92. The molecule has 0 spiro atoms. The molecule has 1 saturated heterocycles. The Morgan fingerprint density at radius 1 is 1.09 bits per heavy atom. The SMILES string of the molecule is COc1ccc(N2C[C@@H](C)N[C@@H](C)C2)cc1NS(=O)(=O)c1ccc(-c2ccc(C)s2)c(F)c1. The molecule has 176 valence electrons. The zero-order valence-electron chi connectivity index (χ0n) is 19.1. The van der Waals surface area contributed by atoms with E-state index in [1.807, 2.05) is 25.1 Å². The number of benzene rings is 2. The summed E-state index contributed by atoms with van der Waals surface area (Å²) in [4.78, 5) is 3.88.